The number of hydrogen-bond donors (Lipinski definition) is 7. The first-order valence-corrected chi connectivity index (χ1v) is 6.76. The second kappa shape index (κ2) is 13.4. The van der Waals surface area contributed by atoms with E-state index in [0.29, 0.717) is 0 Å². The van der Waals surface area contributed by atoms with Crippen LogP contribution in [0.2, 0.25) is 0 Å². The summed E-state index contributed by atoms with van der Waals surface area (Å²) in [4.78, 5) is 39.5. The highest BCUT2D eigenvalue weighted by molar-refractivity contribution is 5.77. The van der Waals surface area contributed by atoms with Crippen molar-refractivity contribution in [2.24, 2.45) is 17.2 Å². The Kier molecular flexibility index (Phi) is 13.4. The standard InChI is InChI=1S/C5H10N2O3.C5H9NO2.C2H5NO2/c6-3(5(9)10)1-2-4(7)8;7-5(8)4-2-1-3-6-4;3-1-2(4)5/h3H,1-2,6H2,(H2,7,8)(H,9,10);4,6H,1-3H2,(H,7,8);1,3H2,(H,4,5)/t;4-;/m.0./s1. The van der Waals surface area contributed by atoms with Crippen molar-refractivity contribution in [1.82, 2.24) is 5.32 Å². The lowest BCUT2D eigenvalue weighted by atomic mass is 10.2. The van der Waals surface area contributed by atoms with Gasteiger partial charge in [-0.3, -0.25) is 19.2 Å². The minimum Gasteiger partial charge on any atom is -0.480 e. The molecule has 23 heavy (non-hydrogen) atoms. The zero-order chi connectivity index (χ0) is 18.4. The summed E-state index contributed by atoms with van der Waals surface area (Å²) < 4.78 is 0. The summed E-state index contributed by atoms with van der Waals surface area (Å²) in [5.41, 5.74) is 14.4. The molecule has 1 aliphatic rings. The molecule has 1 unspecified atom stereocenters. The largest absolute Gasteiger partial charge is 0.480 e. The summed E-state index contributed by atoms with van der Waals surface area (Å²) in [7, 11) is 0. The number of carbonyl (C=O) groups excluding carboxylic acids is 1. The number of aliphatic carboxylic acids is 3. The van der Waals surface area contributed by atoms with Gasteiger partial charge < -0.3 is 37.8 Å². The third-order valence-corrected chi connectivity index (χ3v) is 2.55. The molecule has 10 N–H and O–H groups in total. The van der Waals surface area contributed by atoms with E-state index in [-0.39, 0.29) is 25.4 Å². The van der Waals surface area contributed by atoms with Crippen LogP contribution in [-0.2, 0) is 19.2 Å². The number of rotatable bonds is 6. The molecule has 0 aromatic rings. The number of carboxylic acids is 3. The third kappa shape index (κ3) is 16.0. The van der Waals surface area contributed by atoms with Gasteiger partial charge in [-0.15, -0.1) is 0 Å². The molecule has 0 saturated carbocycles. The van der Waals surface area contributed by atoms with Crippen molar-refractivity contribution in [1.29, 1.82) is 0 Å². The van der Waals surface area contributed by atoms with Crippen molar-refractivity contribution in [3.05, 3.63) is 0 Å². The highest BCUT2D eigenvalue weighted by atomic mass is 16.4. The number of carboxylic acid groups (broad SMARTS) is 3. The average Bonchev–Trinajstić information content (AvgIpc) is 3.00. The first kappa shape index (κ1) is 23.0. The minimum absolute atomic E-state index is 0.0213. The van der Waals surface area contributed by atoms with Crippen molar-refractivity contribution in [2.45, 2.75) is 37.8 Å². The van der Waals surface area contributed by atoms with E-state index in [0.717, 1.165) is 19.4 Å². The monoisotopic (exact) mass is 336 g/mol. The Labute approximate surface area is 132 Å². The molecule has 11 heteroatoms. The van der Waals surface area contributed by atoms with Crippen LogP contribution in [0.3, 0.4) is 0 Å². The van der Waals surface area contributed by atoms with Gasteiger partial charge in [0.25, 0.3) is 0 Å². The van der Waals surface area contributed by atoms with E-state index in [1.165, 1.54) is 0 Å². The molecule has 0 radical (unpaired) electrons. The van der Waals surface area contributed by atoms with E-state index in [1.807, 2.05) is 0 Å². The lowest BCUT2D eigenvalue weighted by Gasteiger charge is -2.01. The maximum Gasteiger partial charge on any atom is 0.320 e. The van der Waals surface area contributed by atoms with Gasteiger partial charge in [0.1, 0.15) is 12.1 Å². The van der Waals surface area contributed by atoms with Crippen molar-refractivity contribution < 1.29 is 34.5 Å². The van der Waals surface area contributed by atoms with E-state index < -0.39 is 29.9 Å². The fourth-order valence-corrected chi connectivity index (χ4v) is 1.32. The molecule has 1 rings (SSSR count). The van der Waals surface area contributed by atoms with Gasteiger partial charge in [-0.1, -0.05) is 0 Å². The van der Waals surface area contributed by atoms with E-state index in [9.17, 15) is 19.2 Å². The van der Waals surface area contributed by atoms with Crippen molar-refractivity contribution in [3.8, 4) is 0 Å². The predicted octanol–water partition coefficient (Wildman–Crippen LogP) is -2.48. The molecule has 0 aromatic carbocycles. The van der Waals surface area contributed by atoms with Crippen molar-refractivity contribution in [3.63, 3.8) is 0 Å². The van der Waals surface area contributed by atoms with Gasteiger partial charge in [-0.2, -0.15) is 0 Å². The normalized spacial score (nSPS) is 16.9. The highest BCUT2D eigenvalue weighted by Gasteiger charge is 2.20. The first-order chi connectivity index (χ1) is 10.6. The molecule has 1 heterocycles. The van der Waals surface area contributed by atoms with Gasteiger partial charge in [0.05, 0.1) is 6.54 Å². The number of primary amides is 1. The summed E-state index contributed by atoms with van der Waals surface area (Å²) in [5.74, 6) is -3.33. The highest BCUT2D eigenvalue weighted by Crippen LogP contribution is 2.03. The van der Waals surface area contributed by atoms with Crippen LogP contribution in [0.1, 0.15) is 25.7 Å². The number of amides is 1. The van der Waals surface area contributed by atoms with Crippen LogP contribution in [-0.4, -0.2) is 64.3 Å². The SMILES string of the molecule is NC(=O)CCC(N)C(=O)O.NCC(=O)O.O=C(O)[C@@H]1CCCN1. The molecule has 11 nitrogen and oxygen atoms in total. The summed E-state index contributed by atoms with van der Waals surface area (Å²) in [6, 6.07) is -1.25. The summed E-state index contributed by atoms with van der Waals surface area (Å²) in [6.45, 7) is 0.580. The van der Waals surface area contributed by atoms with E-state index in [2.05, 4.69) is 11.1 Å². The van der Waals surface area contributed by atoms with Crippen LogP contribution in [0.4, 0.5) is 0 Å². The summed E-state index contributed by atoms with van der Waals surface area (Å²) in [6.07, 6.45) is 1.91. The summed E-state index contributed by atoms with van der Waals surface area (Å²) in [5, 5.41) is 27.0. The van der Waals surface area contributed by atoms with Crippen LogP contribution in [0.25, 0.3) is 0 Å². The quantitative estimate of drug-likeness (QED) is 0.270. The lowest BCUT2D eigenvalue weighted by Crippen LogP contribution is -2.31. The molecule has 0 spiro atoms. The van der Waals surface area contributed by atoms with Gasteiger partial charge in [0.15, 0.2) is 0 Å². The third-order valence-electron chi connectivity index (χ3n) is 2.55. The first-order valence-electron chi connectivity index (χ1n) is 6.76. The van der Waals surface area contributed by atoms with Gasteiger partial charge in [0, 0.05) is 6.42 Å². The molecule has 0 bridgehead atoms. The second-order valence-electron chi connectivity index (χ2n) is 4.53. The molecular formula is C12H24N4O7. The Morgan fingerprint density at radius 3 is 1.91 bits per heavy atom. The van der Waals surface area contributed by atoms with E-state index in [1.54, 1.807) is 0 Å². The average molecular weight is 336 g/mol. The van der Waals surface area contributed by atoms with Crippen molar-refractivity contribution in [2.75, 3.05) is 13.1 Å². The summed E-state index contributed by atoms with van der Waals surface area (Å²) >= 11 is 0. The van der Waals surface area contributed by atoms with Gasteiger partial charge in [-0.05, 0) is 25.8 Å². The number of nitrogens with one attached hydrogen (secondary N) is 1. The van der Waals surface area contributed by atoms with Gasteiger partial charge in [-0.25, -0.2) is 0 Å². The van der Waals surface area contributed by atoms with Crippen LogP contribution in [0.15, 0.2) is 0 Å². The Balaban J connectivity index is 0. The Bertz CT molecular complexity index is 397. The Morgan fingerprint density at radius 1 is 1.17 bits per heavy atom. The van der Waals surface area contributed by atoms with E-state index in [4.69, 9.17) is 26.8 Å². The molecule has 1 saturated heterocycles. The molecule has 2 atom stereocenters. The number of nitrogens with two attached hydrogens (primary N) is 3. The van der Waals surface area contributed by atoms with Crippen molar-refractivity contribution >= 4 is 23.8 Å². The molecule has 1 fully saturated rings. The molecule has 1 aliphatic heterocycles. The predicted molar refractivity (Wildman–Crippen MR) is 79.4 cm³/mol. The fourth-order valence-electron chi connectivity index (χ4n) is 1.32. The van der Waals surface area contributed by atoms with Crippen LogP contribution in [0, 0.1) is 0 Å². The van der Waals surface area contributed by atoms with Crippen LogP contribution in [0.5, 0.6) is 0 Å². The molecule has 134 valence electrons. The molecule has 1 amide bonds. The lowest BCUT2D eigenvalue weighted by molar-refractivity contribution is -0.139. The zero-order valence-electron chi connectivity index (χ0n) is 12.6. The zero-order valence-corrected chi connectivity index (χ0v) is 12.6. The second-order valence-corrected chi connectivity index (χ2v) is 4.53. The van der Waals surface area contributed by atoms with Gasteiger partial charge >= 0.3 is 17.9 Å². The molecule has 0 aliphatic carbocycles. The smallest absolute Gasteiger partial charge is 0.320 e. The molecule has 0 aromatic heterocycles. The Morgan fingerprint density at radius 2 is 1.70 bits per heavy atom. The maximum absolute atomic E-state index is 10.1. The Hall–Kier alpha value is -2.24. The van der Waals surface area contributed by atoms with E-state index >= 15 is 0 Å². The fraction of sp³-hybridized carbons (Fsp3) is 0.667. The molecular weight excluding hydrogens is 312 g/mol. The van der Waals surface area contributed by atoms with Crippen LogP contribution < -0.4 is 22.5 Å². The minimum atomic E-state index is -1.11. The van der Waals surface area contributed by atoms with Gasteiger partial charge in [0.2, 0.25) is 5.91 Å². The number of hydrogen-bond acceptors (Lipinski definition) is 7. The maximum atomic E-state index is 10.1. The number of carbonyl (C=O) groups is 4. The topological polar surface area (TPSA) is 219 Å². The van der Waals surface area contributed by atoms with Crippen LogP contribution >= 0.6 is 0 Å².